The summed E-state index contributed by atoms with van der Waals surface area (Å²) in [5, 5.41) is 9.40. The zero-order valence-electron chi connectivity index (χ0n) is 11.4. The standard InChI is InChI=1S/C16H20N2O/c1-12-4-3-5-13(8-12)10-18(2)11-14-6-7-16(19)15(17)9-14/h3-9,19H,10-11,17H2,1-2H3. The maximum atomic E-state index is 9.40. The lowest BCUT2D eigenvalue weighted by Gasteiger charge is -2.17. The number of nitrogens with two attached hydrogens (primary N) is 1. The number of nitrogens with zero attached hydrogens (tertiary/aromatic N) is 1. The summed E-state index contributed by atoms with van der Waals surface area (Å²) in [6.45, 7) is 3.80. The van der Waals surface area contributed by atoms with E-state index in [2.05, 4.69) is 43.1 Å². The largest absolute Gasteiger partial charge is 0.506 e. The molecule has 0 aliphatic rings. The number of hydrogen-bond acceptors (Lipinski definition) is 3. The van der Waals surface area contributed by atoms with Crippen molar-refractivity contribution in [1.82, 2.24) is 4.90 Å². The highest BCUT2D eigenvalue weighted by atomic mass is 16.3. The summed E-state index contributed by atoms with van der Waals surface area (Å²) in [5.74, 6) is 0.144. The molecule has 0 amide bonds. The zero-order chi connectivity index (χ0) is 13.8. The Kier molecular flexibility index (Phi) is 4.07. The van der Waals surface area contributed by atoms with Gasteiger partial charge in [0.2, 0.25) is 0 Å². The number of rotatable bonds is 4. The number of aryl methyl sites for hydroxylation is 1. The summed E-state index contributed by atoms with van der Waals surface area (Å²) in [4.78, 5) is 2.22. The van der Waals surface area contributed by atoms with Crippen LogP contribution in [0.5, 0.6) is 5.75 Å². The fourth-order valence-electron chi connectivity index (χ4n) is 2.19. The van der Waals surface area contributed by atoms with E-state index < -0.39 is 0 Å². The molecule has 0 spiro atoms. The molecule has 0 atom stereocenters. The van der Waals surface area contributed by atoms with Gasteiger partial charge in [0, 0.05) is 13.1 Å². The fourth-order valence-corrected chi connectivity index (χ4v) is 2.19. The first-order valence-electron chi connectivity index (χ1n) is 6.36. The Bertz CT molecular complexity index is 566. The predicted octanol–water partition coefficient (Wildman–Crippen LogP) is 2.91. The second-order valence-electron chi connectivity index (χ2n) is 5.05. The molecule has 2 rings (SSSR count). The van der Waals surface area contributed by atoms with Crippen LogP contribution in [0.15, 0.2) is 42.5 Å². The second kappa shape index (κ2) is 5.76. The molecule has 0 radical (unpaired) electrons. The highest BCUT2D eigenvalue weighted by Crippen LogP contribution is 2.21. The molecular formula is C16H20N2O. The molecule has 2 aromatic rings. The number of phenolic OH excluding ortho intramolecular Hbond substituents is 1. The van der Waals surface area contributed by atoms with Gasteiger partial charge in [-0.15, -0.1) is 0 Å². The minimum absolute atomic E-state index is 0.144. The monoisotopic (exact) mass is 256 g/mol. The molecule has 3 N–H and O–H groups in total. The molecule has 0 saturated heterocycles. The first-order valence-corrected chi connectivity index (χ1v) is 6.36. The van der Waals surface area contributed by atoms with Crippen LogP contribution in [0, 0.1) is 6.92 Å². The summed E-state index contributed by atoms with van der Waals surface area (Å²) in [7, 11) is 2.07. The van der Waals surface area contributed by atoms with Crippen molar-refractivity contribution in [1.29, 1.82) is 0 Å². The topological polar surface area (TPSA) is 49.5 Å². The average molecular weight is 256 g/mol. The number of hydrogen-bond donors (Lipinski definition) is 2. The van der Waals surface area contributed by atoms with Crippen LogP contribution in [0.3, 0.4) is 0 Å². The van der Waals surface area contributed by atoms with Crippen molar-refractivity contribution in [3.63, 3.8) is 0 Å². The number of benzene rings is 2. The summed E-state index contributed by atoms with van der Waals surface area (Å²) in [5.41, 5.74) is 9.81. The SMILES string of the molecule is Cc1cccc(CN(C)Cc2ccc(O)c(N)c2)c1. The first kappa shape index (κ1) is 13.4. The van der Waals surface area contributed by atoms with Gasteiger partial charge in [-0.05, 0) is 37.2 Å². The highest BCUT2D eigenvalue weighted by molar-refractivity contribution is 5.53. The van der Waals surface area contributed by atoms with Crippen molar-refractivity contribution in [2.45, 2.75) is 20.0 Å². The van der Waals surface area contributed by atoms with E-state index >= 15 is 0 Å². The molecular weight excluding hydrogens is 236 g/mol. The van der Waals surface area contributed by atoms with Gasteiger partial charge < -0.3 is 10.8 Å². The van der Waals surface area contributed by atoms with Crippen molar-refractivity contribution >= 4 is 5.69 Å². The Morgan fingerprint density at radius 2 is 1.74 bits per heavy atom. The number of phenols is 1. The summed E-state index contributed by atoms with van der Waals surface area (Å²) >= 11 is 0. The van der Waals surface area contributed by atoms with Crippen LogP contribution in [0.25, 0.3) is 0 Å². The normalized spacial score (nSPS) is 10.9. The molecule has 2 aromatic carbocycles. The van der Waals surface area contributed by atoms with E-state index in [9.17, 15) is 5.11 Å². The molecule has 0 fully saturated rings. The van der Waals surface area contributed by atoms with Gasteiger partial charge in [0.05, 0.1) is 5.69 Å². The number of aromatic hydroxyl groups is 1. The van der Waals surface area contributed by atoms with E-state index in [1.165, 1.54) is 11.1 Å². The smallest absolute Gasteiger partial charge is 0.138 e. The predicted molar refractivity (Wildman–Crippen MR) is 78.9 cm³/mol. The van der Waals surface area contributed by atoms with Gasteiger partial charge in [0.1, 0.15) is 5.75 Å². The summed E-state index contributed by atoms with van der Waals surface area (Å²) < 4.78 is 0. The minimum Gasteiger partial charge on any atom is -0.506 e. The average Bonchev–Trinajstić information content (AvgIpc) is 2.34. The third-order valence-corrected chi connectivity index (χ3v) is 3.08. The zero-order valence-corrected chi connectivity index (χ0v) is 11.4. The molecule has 0 aromatic heterocycles. The second-order valence-corrected chi connectivity index (χ2v) is 5.05. The molecule has 3 nitrogen and oxygen atoms in total. The lowest BCUT2D eigenvalue weighted by Crippen LogP contribution is -2.17. The van der Waals surface area contributed by atoms with Crippen molar-refractivity contribution in [3.05, 3.63) is 59.2 Å². The Morgan fingerprint density at radius 1 is 1.05 bits per heavy atom. The van der Waals surface area contributed by atoms with Gasteiger partial charge in [-0.25, -0.2) is 0 Å². The van der Waals surface area contributed by atoms with Crippen molar-refractivity contribution in [2.75, 3.05) is 12.8 Å². The van der Waals surface area contributed by atoms with E-state index in [0.717, 1.165) is 18.7 Å². The molecule has 3 heteroatoms. The first-order chi connectivity index (χ1) is 9.04. The van der Waals surface area contributed by atoms with Gasteiger partial charge in [0.15, 0.2) is 0 Å². The van der Waals surface area contributed by atoms with E-state index in [4.69, 9.17) is 5.73 Å². The van der Waals surface area contributed by atoms with E-state index in [1.807, 2.05) is 12.1 Å². The molecule has 0 aliphatic carbocycles. The van der Waals surface area contributed by atoms with Crippen LogP contribution in [0.2, 0.25) is 0 Å². The maximum absolute atomic E-state index is 9.40. The van der Waals surface area contributed by atoms with Crippen LogP contribution in [0.1, 0.15) is 16.7 Å². The van der Waals surface area contributed by atoms with Gasteiger partial charge in [-0.2, -0.15) is 0 Å². The Hall–Kier alpha value is -2.00. The highest BCUT2D eigenvalue weighted by Gasteiger charge is 2.04. The third kappa shape index (κ3) is 3.73. The Balaban J connectivity index is 2.01. The van der Waals surface area contributed by atoms with Crippen LogP contribution in [-0.4, -0.2) is 17.1 Å². The van der Waals surface area contributed by atoms with E-state index in [-0.39, 0.29) is 5.75 Å². The molecule has 0 heterocycles. The van der Waals surface area contributed by atoms with Crippen molar-refractivity contribution < 1.29 is 5.11 Å². The lowest BCUT2D eigenvalue weighted by molar-refractivity contribution is 0.319. The fraction of sp³-hybridized carbons (Fsp3) is 0.250. The Labute approximate surface area is 114 Å². The van der Waals surface area contributed by atoms with E-state index in [0.29, 0.717) is 5.69 Å². The summed E-state index contributed by atoms with van der Waals surface area (Å²) in [6, 6.07) is 13.9. The van der Waals surface area contributed by atoms with Gasteiger partial charge >= 0.3 is 0 Å². The van der Waals surface area contributed by atoms with Crippen molar-refractivity contribution in [2.24, 2.45) is 0 Å². The minimum atomic E-state index is 0.144. The van der Waals surface area contributed by atoms with Crippen LogP contribution >= 0.6 is 0 Å². The lowest BCUT2D eigenvalue weighted by atomic mass is 10.1. The molecule has 0 unspecified atom stereocenters. The molecule has 0 aliphatic heterocycles. The quantitative estimate of drug-likeness (QED) is 0.653. The van der Waals surface area contributed by atoms with Crippen molar-refractivity contribution in [3.8, 4) is 5.75 Å². The number of nitrogen functional groups attached to an aromatic ring is 1. The van der Waals surface area contributed by atoms with Gasteiger partial charge in [-0.1, -0.05) is 35.9 Å². The van der Waals surface area contributed by atoms with Crippen LogP contribution in [-0.2, 0) is 13.1 Å². The van der Waals surface area contributed by atoms with Crippen LogP contribution in [0.4, 0.5) is 5.69 Å². The van der Waals surface area contributed by atoms with Crippen LogP contribution < -0.4 is 5.73 Å². The van der Waals surface area contributed by atoms with Gasteiger partial charge in [0.25, 0.3) is 0 Å². The Morgan fingerprint density at radius 3 is 2.37 bits per heavy atom. The molecule has 0 saturated carbocycles. The maximum Gasteiger partial charge on any atom is 0.138 e. The van der Waals surface area contributed by atoms with Gasteiger partial charge in [-0.3, -0.25) is 4.90 Å². The van der Waals surface area contributed by atoms with E-state index in [1.54, 1.807) is 6.07 Å². The molecule has 0 bridgehead atoms. The third-order valence-electron chi connectivity index (χ3n) is 3.08. The molecule has 100 valence electrons. The number of anilines is 1. The molecule has 19 heavy (non-hydrogen) atoms. The summed E-state index contributed by atoms with van der Waals surface area (Å²) in [6.07, 6.45) is 0.